The average molecular weight is 254 g/mol. The molecule has 0 spiro atoms. The van der Waals surface area contributed by atoms with Crippen LogP contribution in [0.15, 0.2) is 0 Å². The molecule has 18 heavy (non-hydrogen) atoms. The van der Waals surface area contributed by atoms with Crippen LogP contribution in [0, 0.1) is 17.8 Å². The first-order chi connectivity index (χ1) is 8.83. The molecule has 3 heteroatoms. The first-order valence-corrected chi connectivity index (χ1v) is 7.60. The van der Waals surface area contributed by atoms with Crippen LogP contribution in [0.5, 0.6) is 0 Å². The third-order valence-electron chi connectivity index (χ3n) is 4.67. The van der Waals surface area contributed by atoms with Gasteiger partial charge in [0.25, 0.3) is 0 Å². The Bertz CT molecular complexity index is 262. The van der Waals surface area contributed by atoms with Crippen LogP contribution in [-0.2, 0) is 9.53 Å². The second kappa shape index (κ2) is 7.13. The molecule has 2 fully saturated rings. The van der Waals surface area contributed by atoms with Gasteiger partial charge in [0.15, 0.2) is 0 Å². The molecular weight excluding hydrogens is 228 g/mol. The first kappa shape index (κ1) is 13.9. The maximum atomic E-state index is 12.1. The van der Waals surface area contributed by atoms with Crippen LogP contribution >= 0.6 is 0 Å². The molecule has 0 saturated heterocycles. The number of ether oxygens (including phenoxy) is 1. The normalized spacial score (nSPS) is 31.7. The summed E-state index contributed by atoms with van der Waals surface area (Å²) in [7, 11) is 0. The summed E-state index contributed by atoms with van der Waals surface area (Å²) in [5.74, 6) is 1.57. The largest absolute Gasteiger partial charge is 0.465 e. The van der Waals surface area contributed by atoms with Crippen molar-refractivity contribution in [2.45, 2.75) is 57.8 Å². The Kier molecular flexibility index (Phi) is 5.48. The van der Waals surface area contributed by atoms with Gasteiger partial charge in [0.2, 0.25) is 0 Å². The molecule has 0 radical (unpaired) electrons. The van der Waals surface area contributed by atoms with Crippen LogP contribution in [0.4, 0.5) is 0 Å². The Morgan fingerprint density at radius 2 is 1.83 bits per heavy atom. The highest BCUT2D eigenvalue weighted by Crippen LogP contribution is 2.44. The molecule has 0 amide bonds. The summed E-state index contributed by atoms with van der Waals surface area (Å²) in [6.07, 6.45) is 10.2. The van der Waals surface area contributed by atoms with E-state index in [2.05, 4.69) is 0 Å². The number of rotatable bonds is 5. The van der Waals surface area contributed by atoms with Gasteiger partial charge in [-0.25, -0.2) is 0 Å². The summed E-state index contributed by atoms with van der Waals surface area (Å²) in [5.41, 5.74) is 0. The summed E-state index contributed by atoms with van der Waals surface area (Å²) < 4.78 is 5.38. The van der Waals surface area contributed by atoms with E-state index in [1.165, 1.54) is 38.5 Å². The topological polar surface area (TPSA) is 46.5 Å². The minimum absolute atomic E-state index is 0.0320. The Morgan fingerprint density at radius 1 is 1.06 bits per heavy atom. The van der Waals surface area contributed by atoms with E-state index in [1.54, 1.807) is 0 Å². The fourth-order valence-electron chi connectivity index (χ4n) is 3.72. The summed E-state index contributed by atoms with van der Waals surface area (Å²) in [5, 5.41) is 8.69. The number of carbonyl (C=O) groups is 1. The van der Waals surface area contributed by atoms with Crippen LogP contribution in [0.25, 0.3) is 0 Å². The molecule has 2 saturated carbocycles. The van der Waals surface area contributed by atoms with Gasteiger partial charge in [0.1, 0.15) is 0 Å². The van der Waals surface area contributed by atoms with Crippen molar-refractivity contribution in [3.63, 3.8) is 0 Å². The van der Waals surface area contributed by atoms with Crippen LogP contribution in [0.1, 0.15) is 57.8 Å². The van der Waals surface area contributed by atoms with Gasteiger partial charge in [-0.1, -0.05) is 32.1 Å². The zero-order valence-corrected chi connectivity index (χ0v) is 11.3. The molecule has 104 valence electrons. The highest BCUT2D eigenvalue weighted by molar-refractivity contribution is 5.73. The van der Waals surface area contributed by atoms with E-state index in [1.807, 2.05) is 0 Å². The fraction of sp³-hybridized carbons (Fsp3) is 0.933. The first-order valence-electron chi connectivity index (χ1n) is 7.60. The summed E-state index contributed by atoms with van der Waals surface area (Å²) in [6, 6.07) is 0. The highest BCUT2D eigenvalue weighted by atomic mass is 16.5. The van der Waals surface area contributed by atoms with Gasteiger partial charge in [-0.2, -0.15) is 0 Å². The van der Waals surface area contributed by atoms with Gasteiger partial charge < -0.3 is 9.84 Å². The quantitative estimate of drug-likeness (QED) is 0.606. The average Bonchev–Trinajstić information content (AvgIpc) is 2.43. The van der Waals surface area contributed by atoms with Gasteiger partial charge in [-0.05, 0) is 37.5 Å². The maximum absolute atomic E-state index is 12.1. The van der Waals surface area contributed by atoms with E-state index in [-0.39, 0.29) is 18.5 Å². The minimum atomic E-state index is 0.0320. The van der Waals surface area contributed by atoms with Crippen molar-refractivity contribution in [1.82, 2.24) is 0 Å². The van der Waals surface area contributed by atoms with E-state index >= 15 is 0 Å². The van der Waals surface area contributed by atoms with Crippen molar-refractivity contribution in [1.29, 1.82) is 0 Å². The van der Waals surface area contributed by atoms with Crippen LogP contribution in [0.3, 0.4) is 0 Å². The molecule has 2 aliphatic rings. The lowest BCUT2D eigenvalue weighted by molar-refractivity contribution is -0.154. The Hall–Kier alpha value is -0.570. The standard InChI is InChI=1S/C15H26O3/c16-10-3-4-11-18-15(17)14-9-5-7-12-6-1-2-8-13(12)14/h12-14,16H,1-11H2. The van der Waals surface area contributed by atoms with E-state index < -0.39 is 0 Å². The van der Waals surface area contributed by atoms with E-state index in [0.29, 0.717) is 12.5 Å². The third-order valence-corrected chi connectivity index (χ3v) is 4.67. The van der Waals surface area contributed by atoms with Gasteiger partial charge in [-0.15, -0.1) is 0 Å². The van der Waals surface area contributed by atoms with Gasteiger partial charge >= 0.3 is 5.97 Å². The van der Waals surface area contributed by atoms with Crippen molar-refractivity contribution in [2.75, 3.05) is 13.2 Å². The van der Waals surface area contributed by atoms with Crippen molar-refractivity contribution >= 4 is 5.97 Å². The van der Waals surface area contributed by atoms with Crippen LogP contribution < -0.4 is 0 Å². The summed E-state index contributed by atoms with van der Waals surface area (Å²) >= 11 is 0. The van der Waals surface area contributed by atoms with E-state index in [4.69, 9.17) is 9.84 Å². The zero-order chi connectivity index (χ0) is 12.8. The number of aliphatic hydroxyl groups is 1. The van der Waals surface area contributed by atoms with Crippen molar-refractivity contribution in [3.05, 3.63) is 0 Å². The van der Waals surface area contributed by atoms with Crippen molar-refractivity contribution in [3.8, 4) is 0 Å². The van der Waals surface area contributed by atoms with E-state index in [0.717, 1.165) is 25.2 Å². The summed E-state index contributed by atoms with van der Waals surface area (Å²) in [6.45, 7) is 0.666. The molecule has 3 atom stereocenters. The highest BCUT2D eigenvalue weighted by Gasteiger charge is 2.39. The Balaban J connectivity index is 1.80. The summed E-state index contributed by atoms with van der Waals surface area (Å²) in [4.78, 5) is 12.1. The lowest BCUT2D eigenvalue weighted by Gasteiger charge is -2.40. The SMILES string of the molecule is O=C(OCCCCO)C1CCCC2CCCCC21. The molecule has 2 rings (SSSR count). The maximum Gasteiger partial charge on any atom is 0.309 e. The third kappa shape index (κ3) is 3.47. The molecule has 0 bridgehead atoms. The number of fused-ring (bicyclic) bond motifs is 1. The predicted octanol–water partition coefficient (Wildman–Crippen LogP) is 2.91. The Labute approximate surface area is 110 Å². The fourth-order valence-corrected chi connectivity index (χ4v) is 3.72. The van der Waals surface area contributed by atoms with Crippen LogP contribution in [0.2, 0.25) is 0 Å². The molecular formula is C15H26O3. The molecule has 2 aliphatic carbocycles. The molecule has 1 N–H and O–H groups in total. The van der Waals surface area contributed by atoms with Gasteiger partial charge in [-0.3, -0.25) is 4.79 Å². The second-order valence-electron chi connectivity index (χ2n) is 5.84. The predicted molar refractivity (Wildman–Crippen MR) is 70.1 cm³/mol. The number of carbonyl (C=O) groups excluding carboxylic acids is 1. The number of hydrogen-bond acceptors (Lipinski definition) is 3. The molecule has 0 aromatic carbocycles. The lowest BCUT2D eigenvalue weighted by atomic mass is 9.65. The molecule has 0 aromatic heterocycles. The molecule has 0 aliphatic heterocycles. The Morgan fingerprint density at radius 3 is 2.67 bits per heavy atom. The van der Waals surface area contributed by atoms with Crippen LogP contribution in [-0.4, -0.2) is 24.3 Å². The van der Waals surface area contributed by atoms with Gasteiger partial charge in [0, 0.05) is 6.61 Å². The second-order valence-corrected chi connectivity index (χ2v) is 5.84. The monoisotopic (exact) mass is 254 g/mol. The zero-order valence-electron chi connectivity index (χ0n) is 11.3. The molecule has 3 nitrogen and oxygen atoms in total. The van der Waals surface area contributed by atoms with Crippen molar-refractivity contribution < 1.29 is 14.6 Å². The van der Waals surface area contributed by atoms with E-state index in [9.17, 15) is 4.79 Å². The smallest absolute Gasteiger partial charge is 0.309 e. The molecule has 0 aromatic rings. The lowest BCUT2D eigenvalue weighted by Crippen LogP contribution is -2.36. The van der Waals surface area contributed by atoms with Gasteiger partial charge in [0.05, 0.1) is 12.5 Å². The number of hydrogen-bond donors (Lipinski definition) is 1. The molecule has 0 heterocycles. The number of aliphatic hydroxyl groups excluding tert-OH is 1. The van der Waals surface area contributed by atoms with Crippen molar-refractivity contribution in [2.24, 2.45) is 17.8 Å². The number of unbranched alkanes of at least 4 members (excludes halogenated alkanes) is 1. The number of esters is 1. The minimum Gasteiger partial charge on any atom is -0.465 e. The molecule has 3 unspecified atom stereocenters.